The van der Waals surface area contributed by atoms with Crippen LogP contribution < -0.4 is 0 Å². The number of hydrogen-bond acceptors (Lipinski definition) is 8. The molecule has 2 atom stereocenters. The minimum atomic E-state index is -3.98. The smallest absolute Gasteiger partial charge is 0.361 e. The predicted octanol–water partition coefficient (Wildman–Crippen LogP) is 2.95. The Morgan fingerprint density at radius 1 is 1.12 bits per heavy atom. The van der Waals surface area contributed by atoms with Crippen LogP contribution in [0.2, 0.25) is 0 Å². The molecule has 1 saturated heterocycles. The van der Waals surface area contributed by atoms with Gasteiger partial charge in [0.05, 0.1) is 20.3 Å². The van der Waals surface area contributed by atoms with Crippen LogP contribution in [0, 0.1) is 0 Å². The van der Waals surface area contributed by atoms with E-state index < -0.39 is 36.5 Å². The summed E-state index contributed by atoms with van der Waals surface area (Å²) in [6.45, 7) is 10.5. The van der Waals surface area contributed by atoms with E-state index >= 15 is 0 Å². The van der Waals surface area contributed by atoms with Gasteiger partial charge in [0.25, 0.3) is 0 Å². The molecule has 2 unspecified atom stereocenters. The van der Waals surface area contributed by atoms with Crippen LogP contribution in [0.25, 0.3) is 0 Å². The van der Waals surface area contributed by atoms with Crippen LogP contribution >= 0.6 is 7.60 Å². The van der Waals surface area contributed by atoms with Gasteiger partial charge in [-0.25, -0.2) is 4.79 Å². The van der Waals surface area contributed by atoms with E-state index in [0.29, 0.717) is 19.4 Å². The first-order valence-electron chi connectivity index (χ1n) is 8.94. The molecule has 0 amide bonds. The molecule has 0 bridgehead atoms. The van der Waals surface area contributed by atoms with Gasteiger partial charge in [0.15, 0.2) is 0 Å². The number of nitrogens with zero attached hydrogens (tertiary/aromatic N) is 1. The highest BCUT2D eigenvalue weighted by atomic mass is 31.2. The van der Waals surface area contributed by atoms with E-state index in [4.69, 9.17) is 18.5 Å². The fraction of sp³-hybridized carbons (Fsp3) is 0.882. The van der Waals surface area contributed by atoms with Crippen molar-refractivity contribution in [1.29, 1.82) is 0 Å². The molecule has 1 fully saturated rings. The Bertz CT molecular complexity index is 550. The van der Waals surface area contributed by atoms with Crippen molar-refractivity contribution in [2.45, 2.75) is 71.3 Å². The molecule has 1 rings (SSSR count). The summed E-state index contributed by atoms with van der Waals surface area (Å²) < 4.78 is 35.1. The van der Waals surface area contributed by atoms with Crippen LogP contribution in [-0.4, -0.2) is 60.6 Å². The lowest BCUT2D eigenvalue weighted by Gasteiger charge is -2.43. The fourth-order valence-corrected chi connectivity index (χ4v) is 5.14. The van der Waals surface area contributed by atoms with Gasteiger partial charge in [-0.3, -0.25) is 14.3 Å². The maximum Gasteiger partial charge on any atom is 0.361 e. The van der Waals surface area contributed by atoms with E-state index in [9.17, 15) is 14.2 Å². The molecule has 0 radical (unpaired) electrons. The fourth-order valence-electron chi connectivity index (χ4n) is 3.06. The first-order chi connectivity index (χ1) is 12.0. The Kier molecular flexibility index (Phi) is 7.84. The van der Waals surface area contributed by atoms with Gasteiger partial charge in [0, 0.05) is 6.54 Å². The molecule has 8 nitrogen and oxygen atoms in total. The molecule has 152 valence electrons. The zero-order valence-electron chi connectivity index (χ0n) is 16.9. The summed E-state index contributed by atoms with van der Waals surface area (Å²) in [6.07, 6.45) is 1.14. The Labute approximate surface area is 156 Å². The van der Waals surface area contributed by atoms with Crippen molar-refractivity contribution >= 4 is 19.5 Å². The minimum Gasteiger partial charge on any atom is -0.468 e. The molecule has 0 aromatic heterocycles. The summed E-state index contributed by atoms with van der Waals surface area (Å²) in [5.41, 5.74) is -0.803. The van der Waals surface area contributed by atoms with E-state index in [-0.39, 0.29) is 13.2 Å². The zero-order valence-corrected chi connectivity index (χ0v) is 17.8. The second-order valence-electron chi connectivity index (χ2n) is 7.23. The molecular formula is C17H32NO7P. The van der Waals surface area contributed by atoms with Crippen LogP contribution in [0.4, 0.5) is 0 Å². The molecule has 1 heterocycles. The second-order valence-corrected chi connectivity index (χ2v) is 9.61. The number of ether oxygens (including phenoxy) is 2. The van der Waals surface area contributed by atoms with E-state index in [1.165, 1.54) is 14.0 Å². The summed E-state index contributed by atoms with van der Waals surface area (Å²) in [5, 5.41) is -1.76. The van der Waals surface area contributed by atoms with Crippen molar-refractivity contribution in [3.63, 3.8) is 0 Å². The first-order valence-corrected chi connectivity index (χ1v) is 10.5. The van der Waals surface area contributed by atoms with Crippen molar-refractivity contribution in [1.82, 2.24) is 4.90 Å². The highest BCUT2D eigenvalue weighted by Gasteiger charge is 2.62. The van der Waals surface area contributed by atoms with Crippen LogP contribution in [0.5, 0.6) is 0 Å². The van der Waals surface area contributed by atoms with Gasteiger partial charge in [-0.05, 0) is 54.4 Å². The summed E-state index contributed by atoms with van der Waals surface area (Å²) in [5.74, 6) is -1.23. The van der Waals surface area contributed by atoms with Crippen molar-refractivity contribution < 1.29 is 32.7 Å². The summed E-state index contributed by atoms with van der Waals surface area (Å²) in [4.78, 5) is 27.0. The van der Waals surface area contributed by atoms with E-state index in [1.807, 2.05) is 0 Å². The van der Waals surface area contributed by atoms with E-state index in [1.54, 1.807) is 39.5 Å². The van der Waals surface area contributed by atoms with Gasteiger partial charge in [-0.1, -0.05) is 0 Å². The number of esters is 2. The lowest BCUT2D eigenvalue weighted by molar-refractivity contribution is -0.167. The molecule has 0 N–H and O–H groups in total. The number of hydrogen-bond donors (Lipinski definition) is 0. The van der Waals surface area contributed by atoms with Gasteiger partial charge in [0.1, 0.15) is 11.6 Å². The van der Waals surface area contributed by atoms with Crippen LogP contribution in [-0.2, 0) is 32.7 Å². The molecule has 0 aromatic carbocycles. The second kappa shape index (κ2) is 8.83. The summed E-state index contributed by atoms with van der Waals surface area (Å²) in [6, 6.07) is -0.716. The van der Waals surface area contributed by atoms with E-state index in [0.717, 1.165) is 0 Å². The van der Waals surface area contributed by atoms with Gasteiger partial charge >= 0.3 is 19.5 Å². The monoisotopic (exact) mass is 393 g/mol. The SMILES string of the molecule is CCOP(=O)(OCC)C(C)(C(=O)OC(C)(C)C)N1CCCC1C(=O)OC. The number of likely N-dealkylation sites (tertiary alicyclic amines) is 1. The van der Waals surface area contributed by atoms with E-state index in [2.05, 4.69) is 0 Å². The summed E-state index contributed by atoms with van der Waals surface area (Å²) in [7, 11) is -2.69. The van der Waals surface area contributed by atoms with Crippen molar-refractivity contribution in [2.24, 2.45) is 0 Å². The van der Waals surface area contributed by atoms with Crippen molar-refractivity contribution in [2.75, 3.05) is 26.9 Å². The minimum absolute atomic E-state index is 0.0897. The number of rotatable bonds is 8. The molecule has 1 aliphatic heterocycles. The van der Waals surface area contributed by atoms with Crippen molar-refractivity contribution in [3.05, 3.63) is 0 Å². The molecule has 9 heteroatoms. The third-order valence-electron chi connectivity index (χ3n) is 4.20. The Hall–Kier alpha value is -0.950. The topological polar surface area (TPSA) is 91.4 Å². The summed E-state index contributed by atoms with van der Waals surface area (Å²) >= 11 is 0. The van der Waals surface area contributed by atoms with Gasteiger partial charge < -0.3 is 18.5 Å². The van der Waals surface area contributed by atoms with Gasteiger partial charge in [-0.15, -0.1) is 0 Å². The quantitative estimate of drug-likeness (QED) is 0.459. The molecule has 1 aliphatic rings. The average Bonchev–Trinajstić information content (AvgIpc) is 3.01. The van der Waals surface area contributed by atoms with Crippen LogP contribution in [0.3, 0.4) is 0 Å². The molecule has 0 aliphatic carbocycles. The number of carbonyl (C=O) groups is 2. The lowest BCUT2D eigenvalue weighted by atomic mass is 10.1. The normalized spacial score (nSPS) is 21.3. The van der Waals surface area contributed by atoms with Crippen LogP contribution in [0.1, 0.15) is 54.4 Å². The Balaban J connectivity index is 3.48. The van der Waals surface area contributed by atoms with Crippen LogP contribution in [0.15, 0.2) is 0 Å². The predicted molar refractivity (Wildman–Crippen MR) is 96.9 cm³/mol. The maximum atomic E-state index is 13.7. The Morgan fingerprint density at radius 2 is 1.65 bits per heavy atom. The highest BCUT2D eigenvalue weighted by molar-refractivity contribution is 7.56. The first kappa shape index (κ1) is 23.1. The number of carbonyl (C=O) groups excluding carboxylic acids is 2. The largest absolute Gasteiger partial charge is 0.468 e. The highest BCUT2D eigenvalue weighted by Crippen LogP contribution is 2.63. The third kappa shape index (κ3) is 4.66. The Morgan fingerprint density at radius 3 is 2.08 bits per heavy atom. The zero-order chi connectivity index (χ0) is 20.2. The third-order valence-corrected chi connectivity index (χ3v) is 6.90. The molecule has 0 aromatic rings. The molecule has 0 saturated carbocycles. The number of methoxy groups -OCH3 is 1. The average molecular weight is 393 g/mol. The van der Waals surface area contributed by atoms with Gasteiger partial charge in [-0.2, -0.15) is 0 Å². The standard InChI is InChI=1S/C17H32NO7P/c1-8-23-26(21,24-9-2)17(6,15(20)25-16(3,4)5)18-12-10-11-13(18)14(19)22-7/h13H,8-12H2,1-7H3. The van der Waals surface area contributed by atoms with Gasteiger partial charge in [0.2, 0.25) is 5.28 Å². The maximum absolute atomic E-state index is 13.7. The lowest BCUT2D eigenvalue weighted by Crippen LogP contribution is -2.58. The molecule has 0 spiro atoms. The molecule has 26 heavy (non-hydrogen) atoms. The molecular weight excluding hydrogens is 361 g/mol. The van der Waals surface area contributed by atoms with Crippen molar-refractivity contribution in [3.8, 4) is 0 Å².